The van der Waals surface area contributed by atoms with E-state index in [0.29, 0.717) is 12.3 Å². The van der Waals surface area contributed by atoms with Crippen LogP contribution in [0.1, 0.15) is 23.0 Å². The van der Waals surface area contributed by atoms with Gasteiger partial charge in [-0.2, -0.15) is 0 Å². The van der Waals surface area contributed by atoms with Crippen molar-refractivity contribution >= 4 is 16.7 Å². The van der Waals surface area contributed by atoms with Crippen molar-refractivity contribution in [1.29, 1.82) is 0 Å². The van der Waals surface area contributed by atoms with Crippen LogP contribution in [0.25, 0.3) is 10.9 Å². The number of carbonyl (C=O) groups is 1. The van der Waals surface area contributed by atoms with Gasteiger partial charge in [0, 0.05) is 30.5 Å². The monoisotopic (exact) mass is 203 g/mol. The van der Waals surface area contributed by atoms with E-state index in [2.05, 4.69) is 4.98 Å². The number of carbonyl (C=O) groups excluding carboxylic acids is 1. The van der Waals surface area contributed by atoms with Gasteiger partial charge in [-0.15, -0.1) is 0 Å². The van der Waals surface area contributed by atoms with Crippen molar-refractivity contribution in [2.75, 3.05) is 7.11 Å². The van der Waals surface area contributed by atoms with Crippen LogP contribution in [0.15, 0.2) is 24.3 Å². The molecule has 0 aliphatic rings. The Bertz CT molecular complexity index is 499. The Morgan fingerprint density at radius 1 is 1.40 bits per heavy atom. The lowest BCUT2D eigenvalue weighted by molar-refractivity contribution is 0.100. The predicted octanol–water partition coefficient (Wildman–Crippen LogP) is 2.52. The first-order chi connectivity index (χ1) is 7.24. The van der Waals surface area contributed by atoms with E-state index in [0.717, 1.165) is 16.5 Å². The van der Waals surface area contributed by atoms with Crippen LogP contribution in [0.3, 0.4) is 0 Å². The van der Waals surface area contributed by atoms with Crippen molar-refractivity contribution in [3.05, 3.63) is 35.5 Å². The molecule has 0 radical (unpaired) electrons. The fraction of sp³-hybridized carbons (Fsp3) is 0.250. The Labute approximate surface area is 88.1 Å². The molecule has 2 rings (SSSR count). The van der Waals surface area contributed by atoms with Crippen LogP contribution in [-0.2, 0) is 11.3 Å². The molecule has 0 amide bonds. The lowest BCUT2D eigenvalue weighted by Crippen LogP contribution is -1.98. The van der Waals surface area contributed by atoms with Gasteiger partial charge in [0.05, 0.1) is 12.3 Å². The highest BCUT2D eigenvalue weighted by atomic mass is 16.5. The molecule has 3 nitrogen and oxygen atoms in total. The molecule has 15 heavy (non-hydrogen) atoms. The van der Waals surface area contributed by atoms with Crippen LogP contribution in [-0.4, -0.2) is 17.9 Å². The Kier molecular flexibility index (Phi) is 2.56. The summed E-state index contributed by atoms with van der Waals surface area (Å²) in [6.45, 7) is 2.02. The second kappa shape index (κ2) is 3.87. The number of ether oxygens (including phenoxy) is 1. The summed E-state index contributed by atoms with van der Waals surface area (Å²) < 4.78 is 5.11. The molecule has 0 fully saturated rings. The topological polar surface area (TPSA) is 42.1 Å². The zero-order valence-corrected chi connectivity index (χ0v) is 8.83. The number of methoxy groups -OCH3 is 1. The molecule has 0 saturated carbocycles. The second-order valence-electron chi connectivity index (χ2n) is 3.51. The van der Waals surface area contributed by atoms with E-state index in [1.54, 1.807) is 14.0 Å². The molecule has 0 unspecified atom stereocenters. The number of hydrogen-bond donors (Lipinski definition) is 1. The molecule has 0 aliphatic heterocycles. The van der Waals surface area contributed by atoms with Gasteiger partial charge in [-0.3, -0.25) is 4.79 Å². The second-order valence-corrected chi connectivity index (χ2v) is 3.51. The number of H-pyrrole nitrogens is 1. The highest BCUT2D eigenvalue weighted by molar-refractivity contribution is 6.00. The van der Waals surface area contributed by atoms with Crippen LogP contribution in [0.2, 0.25) is 0 Å². The summed E-state index contributed by atoms with van der Waals surface area (Å²) in [6.07, 6.45) is 0. The summed E-state index contributed by atoms with van der Waals surface area (Å²) in [4.78, 5) is 14.5. The van der Waals surface area contributed by atoms with E-state index in [-0.39, 0.29) is 5.78 Å². The Balaban J connectivity index is 2.68. The number of hydrogen-bond acceptors (Lipinski definition) is 2. The SMILES string of the molecule is COCc1c(C(C)=O)[nH]c2ccccc12. The van der Waals surface area contributed by atoms with Crippen molar-refractivity contribution in [3.8, 4) is 0 Å². The summed E-state index contributed by atoms with van der Waals surface area (Å²) in [5, 5.41) is 1.06. The van der Waals surface area contributed by atoms with E-state index < -0.39 is 0 Å². The van der Waals surface area contributed by atoms with Gasteiger partial charge in [0.1, 0.15) is 0 Å². The number of fused-ring (bicyclic) bond motifs is 1. The van der Waals surface area contributed by atoms with E-state index in [1.165, 1.54) is 0 Å². The number of rotatable bonds is 3. The maximum atomic E-state index is 11.4. The minimum absolute atomic E-state index is 0.0400. The van der Waals surface area contributed by atoms with Crippen molar-refractivity contribution in [3.63, 3.8) is 0 Å². The van der Waals surface area contributed by atoms with Gasteiger partial charge in [0.15, 0.2) is 5.78 Å². The molecule has 0 spiro atoms. The number of aromatic amines is 1. The molecular formula is C12H13NO2. The van der Waals surface area contributed by atoms with Crippen LogP contribution >= 0.6 is 0 Å². The van der Waals surface area contributed by atoms with Gasteiger partial charge < -0.3 is 9.72 Å². The maximum absolute atomic E-state index is 11.4. The number of benzene rings is 1. The van der Waals surface area contributed by atoms with Crippen LogP contribution in [0.5, 0.6) is 0 Å². The van der Waals surface area contributed by atoms with Crippen LogP contribution < -0.4 is 0 Å². The van der Waals surface area contributed by atoms with Gasteiger partial charge in [0.2, 0.25) is 0 Å². The third kappa shape index (κ3) is 1.66. The van der Waals surface area contributed by atoms with Crippen molar-refractivity contribution in [1.82, 2.24) is 4.98 Å². The molecule has 0 saturated heterocycles. The molecule has 1 aromatic carbocycles. The lowest BCUT2D eigenvalue weighted by atomic mass is 10.1. The Hall–Kier alpha value is -1.61. The van der Waals surface area contributed by atoms with E-state index in [4.69, 9.17) is 4.74 Å². The zero-order valence-electron chi connectivity index (χ0n) is 8.83. The first kappa shape index (κ1) is 9.93. The van der Waals surface area contributed by atoms with E-state index in [1.807, 2.05) is 24.3 Å². The highest BCUT2D eigenvalue weighted by Crippen LogP contribution is 2.23. The summed E-state index contributed by atoms with van der Waals surface area (Å²) in [6, 6.07) is 7.85. The Morgan fingerprint density at radius 3 is 2.80 bits per heavy atom. The van der Waals surface area contributed by atoms with Crippen molar-refractivity contribution in [2.24, 2.45) is 0 Å². The first-order valence-corrected chi connectivity index (χ1v) is 4.83. The van der Waals surface area contributed by atoms with E-state index in [9.17, 15) is 4.79 Å². The number of ketones is 1. The maximum Gasteiger partial charge on any atom is 0.176 e. The smallest absolute Gasteiger partial charge is 0.176 e. The largest absolute Gasteiger partial charge is 0.380 e. The van der Waals surface area contributed by atoms with Gasteiger partial charge in [-0.05, 0) is 6.07 Å². The number of Topliss-reactive ketones (excluding diaryl/α,β-unsaturated/α-hetero) is 1. The number of para-hydroxylation sites is 1. The van der Waals surface area contributed by atoms with Crippen LogP contribution in [0, 0.1) is 0 Å². The number of nitrogens with one attached hydrogen (secondary N) is 1. The summed E-state index contributed by atoms with van der Waals surface area (Å²) in [5.74, 6) is 0.0400. The van der Waals surface area contributed by atoms with Gasteiger partial charge in [0.25, 0.3) is 0 Å². The Morgan fingerprint density at radius 2 is 2.13 bits per heavy atom. The van der Waals surface area contributed by atoms with E-state index >= 15 is 0 Å². The molecule has 1 heterocycles. The highest BCUT2D eigenvalue weighted by Gasteiger charge is 2.13. The lowest BCUT2D eigenvalue weighted by Gasteiger charge is -1.99. The van der Waals surface area contributed by atoms with Gasteiger partial charge in [-0.1, -0.05) is 18.2 Å². The standard InChI is InChI=1S/C12H13NO2/c1-8(14)12-10(7-15-2)9-5-3-4-6-11(9)13-12/h3-6,13H,7H2,1-2H3. The summed E-state index contributed by atoms with van der Waals surface area (Å²) in [5.41, 5.74) is 2.58. The quantitative estimate of drug-likeness (QED) is 0.779. The fourth-order valence-electron chi connectivity index (χ4n) is 1.79. The summed E-state index contributed by atoms with van der Waals surface area (Å²) in [7, 11) is 1.63. The number of aromatic nitrogens is 1. The summed E-state index contributed by atoms with van der Waals surface area (Å²) >= 11 is 0. The molecule has 0 bridgehead atoms. The van der Waals surface area contributed by atoms with Gasteiger partial charge in [-0.25, -0.2) is 0 Å². The zero-order chi connectivity index (χ0) is 10.8. The molecule has 1 N–H and O–H groups in total. The minimum Gasteiger partial charge on any atom is -0.380 e. The third-order valence-corrected chi connectivity index (χ3v) is 2.45. The molecule has 2 aromatic rings. The average molecular weight is 203 g/mol. The van der Waals surface area contributed by atoms with Crippen molar-refractivity contribution < 1.29 is 9.53 Å². The van der Waals surface area contributed by atoms with Crippen molar-refractivity contribution in [2.45, 2.75) is 13.5 Å². The minimum atomic E-state index is 0.0400. The predicted molar refractivity (Wildman–Crippen MR) is 59.0 cm³/mol. The van der Waals surface area contributed by atoms with Gasteiger partial charge >= 0.3 is 0 Å². The normalized spacial score (nSPS) is 10.8. The van der Waals surface area contributed by atoms with Crippen LogP contribution in [0.4, 0.5) is 0 Å². The molecule has 3 heteroatoms. The average Bonchev–Trinajstić information content (AvgIpc) is 2.58. The molecular weight excluding hydrogens is 190 g/mol. The molecule has 1 aromatic heterocycles. The molecule has 0 aliphatic carbocycles. The molecule has 0 atom stereocenters. The molecule has 78 valence electrons. The third-order valence-electron chi connectivity index (χ3n) is 2.45. The first-order valence-electron chi connectivity index (χ1n) is 4.83. The fourth-order valence-corrected chi connectivity index (χ4v) is 1.79.